The Morgan fingerprint density at radius 1 is 0.739 bits per heavy atom. The Kier molecular flexibility index (Phi) is 4.15. The molecule has 2 nitrogen and oxygen atoms in total. The number of carbonyl (C=O) groups is 1. The van der Waals surface area contributed by atoms with E-state index < -0.39 is 23.2 Å². The van der Waals surface area contributed by atoms with Crippen LogP contribution in [-0.4, -0.2) is 5.97 Å². The van der Waals surface area contributed by atoms with Gasteiger partial charge in [0.1, 0.15) is 22.9 Å². The zero-order valence-electron chi connectivity index (χ0n) is 12.0. The van der Waals surface area contributed by atoms with Crippen molar-refractivity contribution >= 4 is 5.97 Å². The van der Waals surface area contributed by atoms with Crippen LogP contribution in [0, 0.1) is 11.6 Å². The molecule has 0 unspecified atom stereocenters. The van der Waals surface area contributed by atoms with Gasteiger partial charge in [-0.05, 0) is 23.8 Å². The number of hydrogen-bond acceptors (Lipinski definition) is 2. The Hall–Kier alpha value is -3.01. The summed E-state index contributed by atoms with van der Waals surface area (Å²) < 4.78 is 32.6. The number of benzene rings is 3. The minimum atomic E-state index is -1.07. The summed E-state index contributed by atoms with van der Waals surface area (Å²) in [6, 6.07) is 19.4. The first kappa shape index (κ1) is 14.9. The average molecular weight is 310 g/mol. The number of rotatable bonds is 3. The number of halogens is 2. The summed E-state index contributed by atoms with van der Waals surface area (Å²) in [5.41, 5.74) is 0.804. The third-order valence-electron chi connectivity index (χ3n) is 3.34. The molecule has 0 spiro atoms. The van der Waals surface area contributed by atoms with Crippen LogP contribution in [0.1, 0.15) is 10.4 Å². The van der Waals surface area contributed by atoms with Crippen LogP contribution in [0.2, 0.25) is 0 Å². The molecule has 3 rings (SSSR count). The standard InChI is InChI=1S/C19H12F2O2/c20-15-10-6-11-16(21)18(15)19(22)23-17-12-5-4-9-14(17)13-7-2-1-3-8-13/h1-12H. The van der Waals surface area contributed by atoms with E-state index in [4.69, 9.17) is 4.74 Å². The summed E-state index contributed by atoms with van der Waals surface area (Å²) in [5.74, 6) is -2.73. The van der Waals surface area contributed by atoms with E-state index in [1.807, 2.05) is 30.3 Å². The van der Waals surface area contributed by atoms with Crippen molar-refractivity contribution in [1.82, 2.24) is 0 Å². The van der Waals surface area contributed by atoms with E-state index in [0.29, 0.717) is 5.56 Å². The largest absolute Gasteiger partial charge is 0.422 e. The minimum Gasteiger partial charge on any atom is -0.422 e. The smallest absolute Gasteiger partial charge is 0.349 e. The molecular formula is C19H12F2O2. The first-order valence-electron chi connectivity index (χ1n) is 6.97. The van der Waals surface area contributed by atoms with E-state index in [0.717, 1.165) is 17.7 Å². The van der Waals surface area contributed by atoms with Crippen LogP contribution in [0.3, 0.4) is 0 Å². The minimum absolute atomic E-state index is 0.242. The predicted octanol–water partition coefficient (Wildman–Crippen LogP) is 4.85. The lowest BCUT2D eigenvalue weighted by atomic mass is 10.0. The normalized spacial score (nSPS) is 10.3. The van der Waals surface area contributed by atoms with E-state index in [1.54, 1.807) is 24.3 Å². The van der Waals surface area contributed by atoms with Crippen LogP contribution in [0.4, 0.5) is 8.78 Å². The SMILES string of the molecule is O=C(Oc1ccccc1-c1ccccc1)c1c(F)cccc1F. The lowest BCUT2D eigenvalue weighted by molar-refractivity contribution is 0.0725. The van der Waals surface area contributed by atoms with Crippen LogP contribution in [0.25, 0.3) is 11.1 Å². The van der Waals surface area contributed by atoms with Gasteiger partial charge >= 0.3 is 5.97 Å². The fourth-order valence-electron chi connectivity index (χ4n) is 2.26. The van der Waals surface area contributed by atoms with Crippen molar-refractivity contribution in [3.05, 3.63) is 90.0 Å². The second-order valence-corrected chi connectivity index (χ2v) is 4.85. The highest BCUT2D eigenvalue weighted by Crippen LogP contribution is 2.30. The topological polar surface area (TPSA) is 26.3 Å². The van der Waals surface area contributed by atoms with Crippen molar-refractivity contribution in [2.24, 2.45) is 0 Å². The molecule has 0 bridgehead atoms. The van der Waals surface area contributed by atoms with Crippen molar-refractivity contribution in [2.45, 2.75) is 0 Å². The summed E-state index contributed by atoms with van der Waals surface area (Å²) in [6.07, 6.45) is 0. The molecule has 0 aliphatic heterocycles. The molecule has 23 heavy (non-hydrogen) atoms. The molecule has 0 atom stereocenters. The Bertz CT molecular complexity index is 825. The lowest BCUT2D eigenvalue weighted by Crippen LogP contribution is -2.13. The van der Waals surface area contributed by atoms with Gasteiger partial charge in [-0.1, -0.05) is 54.6 Å². The number of carbonyl (C=O) groups excluding carboxylic acids is 1. The molecule has 0 aliphatic rings. The third-order valence-corrected chi connectivity index (χ3v) is 3.34. The monoisotopic (exact) mass is 310 g/mol. The van der Waals surface area contributed by atoms with E-state index in [-0.39, 0.29) is 5.75 Å². The average Bonchev–Trinajstić information content (AvgIpc) is 2.56. The summed E-state index contributed by atoms with van der Waals surface area (Å²) in [6.45, 7) is 0. The van der Waals surface area contributed by atoms with Crippen molar-refractivity contribution in [1.29, 1.82) is 0 Å². The van der Waals surface area contributed by atoms with Crippen LogP contribution in [0.5, 0.6) is 5.75 Å². The summed E-state index contributed by atoms with van der Waals surface area (Å²) in [4.78, 5) is 12.1. The quantitative estimate of drug-likeness (QED) is 0.510. The number of ether oxygens (including phenoxy) is 1. The van der Waals surface area contributed by atoms with E-state index in [9.17, 15) is 13.6 Å². The lowest BCUT2D eigenvalue weighted by Gasteiger charge is -2.11. The Morgan fingerprint density at radius 2 is 1.35 bits per heavy atom. The van der Waals surface area contributed by atoms with Crippen molar-refractivity contribution in [3.63, 3.8) is 0 Å². The predicted molar refractivity (Wildman–Crippen MR) is 83.2 cm³/mol. The molecule has 0 fully saturated rings. The molecule has 3 aromatic carbocycles. The molecule has 0 amide bonds. The maximum Gasteiger partial charge on any atom is 0.349 e. The maximum atomic E-state index is 13.7. The Balaban J connectivity index is 1.97. The second kappa shape index (κ2) is 6.40. The molecule has 0 N–H and O–H groups in total. The molecule has 0 aliphatic carbocycles. The fraction of sp³-hybridized carbons (Fsp3) is 0. The molecule has 4 heteroatoms. The van der Waals surface area contributed by atoms with Crippen molar-refractivity contribution in [2.75, 3.05) is 0 Å². The van der Waals surface area contributed by atoms with Gasteiger partial charge in [0.05, 0.1) is 0 Å². The number of esters is 1. The van der Waals surface area contributed by atoms with Crippen LogP contribution in [0.15, 0.2) is 72.8 Å². The zero-order chi connectivity index (χ0) is 16.2. The molecule has 0 saturated heterocycles. The highest BCUT2D eigenvalue weighted by atomic mass is 19.1. The van der Waals surface area contributed by atoms with Gasteiger partial charge in [-0.3, -0.25) is 0 Å². The van der Waals surface area contributed by atoms with Crippen LogP contribution in [-0.2, 0) is 0 Å². The molecule has 0 aromatic heterocycles. The van der Waals surface area contributed by atoms with Crippen LogP contribution >= 0.6 is 0 Å². The van der Waals surface area contributed by atoms with Gasteiger partial charge in [0.25, 0.3) is 0 Å². The summed E-state index contributed by atoms with van der Waals surface area (Å²) in [5, 5.41) is 0. The molecule has 0 saturated carbocycles. The van der Waals surface area contributed by atoms with Gasteiger partial charge in [0, 0.05) is 5.56 Å². The maximum absolute atomic E-state index is 13.7. The highest BCUT2D eigenvalue weighted by Gasteiger charge is 2.20. The molecule has 0 heterocycles. The summed E-state index contributed by atoms with van der Waals surface area (Å²) >= 11 is 0. The van der Waals surface area contributed by atoms with E-state index in [2.05, 4.69) is 0 Å². The van der Waals surface area contributed by atoms with Gasteiger partial charge < -0.3 is 4.74 Å². The third kappa shape index (κ3) is 3.11. The van der Waals surface area contributed by atoms with Crippen LogP contribution < -0.4 is 4.74 Å². The molecular weight excluding hydrogens is 298 g/mol. The van der Waals surface area contributed by atoms with Crippen molar-refractivity contribution < 1.29 is 18.3 Å². The van der Waals surface area contributed by atoms with Gasteiger partial charge in [-0.25, -0.2) is 13.6 Å². The first-order chi connectivity index (χ1) is 11.2. The first-order valence-corrected chi connectivity index (χ1v) is 6.97. The van der Waals surface area contributed by atoms with Gasteiger partial charge in [0.15, 0.2) is 0 Å². The van der Waals surface area contributed by atoms with Gasteiger partial charge in [0.2, 0.25) is 0 Å². The van der Waals surface area contributed by atoms with Gasteiger partial charge in [-0.2, -0.15) is 0 Å². The fourth-order valence-corrected chi connectivity index (χ4v) is 2.26. The molecule has 0 radical (unpaired) electrons. The number of para-hydroxylation sites is 1. The van der Waals surface area contributed by atoms with Crippen molar-refractivity contribution in [3.8, 4) is 16.9 Å². The van der Waals surface area contributed by atoms with E-state index >= 15 is 0 Å². The van der Waals surface area contributed by atoms with Gasteiger partial charge in [-0.15, -0.1) is 0 Å². The molecule has 3 aromatic rings. The Labute approximate surface area is 132 Å². The second-order valence-electron chi connectivity index (χ2n) is 4.85. The number of hydrogen-bond donors (Lipinski definition) is 0. The summed E-state index contributed by atoms with van der Waals surface area (Å²) in [7, 11) is 0. The molecule has 114 valence electrons. The Morgan fingerprint density at radius 3 is 2.04 bits per heavy atom. The zero-order valence-corrected chi connectivity index (χ0v) is 12.0. The van der Waals surface area contributed by atoms with E-state index in [1.165, 1.54) is 6.07 Å². The highest BCUT2D eigenvalue weighted by molar-refractivity contribution is 5.92.